The molecule has 3 rings (SSSR count). The molecule has 0 N–H and O–H groups in total. The van der Waals surface area contributed by atoms with Gasteiger partial charge in [0.05, 0.1) is 5.69 Å². The molecule has 4 nitrogen and oxygen atoms in total. The van der Waals surface area contributed by atoms with E-state index in [1.165, 1.54) is 27.0 Å². The van der Waals surface area contributed by atoms with Gasteiger partial charge in [-0.15, -0.1) is 0 Å². The molecule has 0 spiro atoms. The fourth-order valence-corrected chi connectivity index (χ4v) is 3.92. The first kappa shape index (κ1) is 15.2. The molecule has 2 heterocycles. The zero-order valence-electron chi connectivity index (χ0n) is 12.6. The van der Waals surface area contributed by atoms with Crippen LogP contribution in [0.4, 0.5) is 0 Å². The molecule has 0 atom stereocenters. The number of hydrogen-bond donors (Lipinski definition) is 0. The van der Waals surface area contributed by atoms with Gasteiger partial charge in [-0.2, -0.15) is 21.4 Å². The van der Waals surface area contributed by atoms with Crippen LogP contribution in [0.1, 0.15) is 28.8 Å². The third-order valence-corrected chi connectivity index (χ3v) is 5.33. The summed E-state index contributed by atoms with van der Waals surface area (Å²) in [6.07, 6.45) is 0.824. The number of nitrogens with zero attached hydrogens (tertiary/aromatic N) is 3. The highest BCUT2D eigenvalue weighted by molar-refractivity contribution is 7.97. The van der Waals surface area contributed by atoms with E-state index >= 15 is 0 Å². The van der Waals surface area contributed by atoms with Crippen LogP contribution < -0.4 is 5.56 Å². The lowest BCUT2D eigenvalue weighted by Gasteiger charge is -2.03. The predicted octanol–water partition coefficient (Wildman–Crippen LogP) is 3.46. The molecule has 0 unspecified atom stereocenters. The molecule has 0 bridgehead atoms. The minimum Gasteiger partial charge on any atom is -0.267 e. The average molecular weight is 331 g/mol. The molecule has 0 amide bonds. The van der Waals surface area contributed by atoms with Crippen molar-refractivity contribution >= 4 is 28.1 Å². The van der Waals surface area contributed by atoms with Crippen LogP contribution in [0.2, 0.25) is 0 Å². The Morgan fingerprint density at radius 1 is 1.27 bits per heavy atom. The van der Waals surface area contributed by atoms with Crippen molar-refractivity contribution in [3.05, 3.63) is 62.5 Å². The van der Waals surface area contributed by atoms with Gasteiger partial charge in [-0.25, -0.2) is 4.98 Å². The second kappa shape index (κ2) is 6.62. The minimum atomic E-state index is -0.0906. The van der Waals surface area contributed by atoms with Crippen LogP contribution in [0.15, 0.2) is 35.1 Å². The van der Waals surface area contributed by atoms with Crippen LogP contribution in [0.25, 0.3) is 4.96 Å². The van der Waals surface area contributed by atoms with Crippen LogP contribution in [-0.4, -0.2) is 14.6 Å². The van der Waals surface area contributed by atoms with Crippen molar-refractivity contribution < 1.29 is 0 Å². The molecule has 0 aliphatic carbocycles. The van der Waals surface area contributed by atoms with E-state index in [2.05, 4.69) is 41.3 Å². The summed E-state index contributed by atoms with van der Waals surface area (Å²) >= 11 is 3.26. The molecule has 114 valence electrons. The first-order valence-electron chi connectivity index (χ1n) is 7.17. The number of aromatic nitrogens is 3. The fourth-order valence-electron chi connectivity index (χ4n) is 2.19. The van der Waals surface area contributed by atoms with Crippen LogP contribution in [0, 0.1) is 6.92 Å². The highest BCUT2D eigenvalue weighted by Gasteiger charge is 2.08. The SMILES string of the molecule is CCc1nn2c(=O)cc(CSCc3cccc(C)c3)nc2s1. The highest BCUT2D eigenvalue weighted by atomic mass is 32.2. The molecule has 0 saturated carbocycles. The number of fused-ring (bicyclic) bond motifs is 1. The van der Waals surface area contributed by atoms with Gasteiger partial charge >= 0.3 is 0 Å². The molecular weight excluding hydrogens is 314 g/mol. The quantitative estimate of drug-likeness (QED) is 0.718. The van der Waals surface area contributed by atoms with Gasteiger partial charge in [0, 0.05) is 17.6 Å². The summed E-state index contributed by atoms with van der Waals surface area (Å²) in [5.74, 6) is 1.66. The molecule has 0 fully saturated rings. The monoisotopic (exact) mass is 331 g/mol. The maximum atomic E-state index is 12.1. The lowest BCUT2D eigenvalue weighted by Crippen LogP contribution is -2.15. The minimum absolute atomic E-state index is 0.0906. The van der Waals surface area contributed by atoms with Gasteiger partial charge in [-0.1, -0.05) is 48.1 Å². The van der Waals surface area contributed by atoms with Crippen LogP contribution >= 0.6 is 23.1 Å². The van der Waals surface area contributed by atoms with Gasteiger partial charge in [0.1, 0.15) is 5.01 Å². The van der Waals surface area contributed by atoms with Crippen LogP contribution in [0.3, 0.4) is 0 Å². The average Bonchev–Trinajstić information content (AvgIpc) is 2.91. The van der Waals surface area contributed by atoms with Crippen molar-refractivity contribution in [1.29, 1.82) is 0 Å². The van der Waals surface area contributed by atoms with Crippen molar-refractivity contribution in [2.45, 2.75) is 31.8 Å². The van der Waals surface area contributed by atoms with Crippen LogP contribution in [-0.2, 0) is 17.9 Å². The topological polar surface area (TPSA) is 47.3 Å². The van der Waals surface area contributed by atoms with E-state index in [9.17, 15) is 4.79 Å². The van der Waals surface area contributed by atoms with E-state index in [1.807, 2.05) is 6.92 Å². The van der Waals surface area contributed by atoms with E-state index in [0.717, 1.165) is 28.6 Å². The van der Waals surface area contributed by atoms with Crippen LogP contribution in [0.5, 0.6) is 0 Å². The number of thioether (sulfide) groups is 1. The van der Waals surface area contributed by atoms with Gasteiger partial charge in [0.15, 0.2) is 0 Å². The highest BCUT2D eigenvalue weighted by Crippen LogP contribution is 2.18. The van der Waals surface area contributed by atoms with Crippen molar-refractivity contribution in [3.63, 3.8) is 0 Å². The Morgan fingerprint density at radius 3 is 2.91 bits per heavy atom. The molecule has 2 aromatic heterocycles. The van der Waals surface area contributed by atoms with E-state index in [-0.39, 0.29) is 5.56 Å². The van der Waals surface area contributed by atoms with Gasteiger partial charge in [-0.3, -0.25) is 4.79 Å². The summed E-state index contributed by atoms with van der Waals surface area (Å²) in [4.78, 5) is 17.3. The normalized spacial score (nSPS) is 11.2. The van der Waals surface area contributed by atoms with Gasteiger partial charge in [0.2, 0.25) is 4.96 Å². The summed E-state index contributed by atoms with van der Waals surface area (Å²) in [5.41, 5.74) is 3.31. The number of benzene rings is 1. The number of hydrogen-bond acceptors (Lipinski definition) is 5. The summed E-state index contributed by atoms with van der Waals surface area (Å²) < 4.78 is 1.40. The first-order valence-corrected chi connectivity index (χ1v) is 9.15. The Kier molecular flexibility index (Phi) is 4.59. The molecule has 0 aliphatic rings. The third kappa shape index (κ3) is 3.39. The lowest BCUT2D eigenvalue weighted by atomic mass is 10.2. The van der Waals surface area contributed by atoms with Gasteiger partial charge in [-0.05, 0) is 18.9 Å². The summed E-state index contributed by atoms with van der Waals surface area (Å²) in [6, 6.07) is 10.1. The molecule has 0 aliphatic heterocycles. The molecule has 0 saturated heterocycles. The van der Waals surface area contributed by atoms with Crippen molar-refractivity contribution in [2.24, 2.45) is 0 Å². The van der Waals surface area contributed by atoms with Crippen molar-refractivity contribution in [1.82, 2.24) is 14.6 Å². The summed E-state index contributed by atoms with van der Waals surface area (Å²) in [7, 11) is 0. The second-order valence-corrected chi connectivity index (χ2v) is 7.14. The van der Waals surface area contributed by atoms with Gasteiger partial charge < -0.3 is 0 Å². The Balaban J connectivity index is 1.72. The molecule has 22 heavy (non-hydrogen) atoms. The maximum absolute atomic E-state index is 12.1. The van der Waals surface area contributed by atoms with E-state index in [1.54, 1.807) is 17.8 Å². The summed E-state index contributed by atoms with van der Waals surface area (Å²) in [5, 5.41) is 5.20. The number of rotatable bonds is 5. The molecule has 0 radical (unpaired) electrons. The van der Waals surface area contributed by atoms with E-state index in [4.69, 9.17) is 0 Å². The Morgan fingerprint density at radius 2 is 2.14 bits per heavy atom. The molecular formula is C16H17N3OS2. The smallest absolute Gasteiger partial charge is 0.267 e. The first-order chi connectivity index (χ1) is 10.7. The van der Waals surface area contributed by atoms with Gasteiger partial charge in [0.25, 0.3) is 5.56 Å². The molecule has 3 aromatic rings. The Bertz CT molecular complexity index is 854. The molecule has 6 heteroatoms. The lowest BCUT2D eigenvalue weighted by molar-refractivity contribution is 0.852. The van der Waals surface area contributed by atoms with Crippen molar-refractivity contribution in [2.75, 3.05) is 0 Å². The Labute approximate surface area is 137 Å². The maximum Gasteiger partial charge on any atom is 0.275 e. The largest absolute Gasteiger partial charge is 0.275 e. The number of aryl methyl sites for hydroxylation is 2. The zero-order chi connectivity index (χ0) is 15.5. The van der Waals surface area contributed by atoms with E-state index < -0.39 is 0 Å². The summed E-state index contributed by atoms with van der Waals surface area (Å²) in [6.45, 7) is 4.13. The third-order valence-electron chi connectivity index (χ3n) is 3.24. The van der Waals surface area contributed by atoms with E-state index in [0.29, 0.717) is 4.96 Å². The standard InChI is InChI=1S/C16H17N3OS2/c1-3-14-18-19-15(20)8-13(17-16(19)22-14)10-21-9-12-6-4-5-11(2)7-12/h4-8H,3,9-10H2,1-2H3. The van der Waals surface area contributed by atoms with Crippen molar-refractivity contribution in [3.8, 4) is 0 Å². The fraction of sp³-hybridized carbons (Fsp3) is 0.312. The molecule has 1 aromatic carbocycles. The zero-order valence-corrected chi connectivity index (χ0v) is 14.2. The second-order valence-electron chi connectivity index (χ2n) is 5.11. The Hall–Kier alpha value is -1.66. The predicted molar refractivity (Wildman–Crippen MR) is 92.7 cm³/mol.